The van der Waals surface area contributed by atoms with Crippen molar-refractivity contribution in [3.05, 3.63) is 195 Å². The van der Waals surface area contributed by atoms with E-state index < -0.39 is 6.17 Å². The Morgan fingerprint density at radius 2 is 1.61 bits per heavy atom. The summed E-state index contributed by atoms with van der Waals surface area (Å²) in [5.74, 6) is 3.26. The summed E-state index contributed by atoms with van der Waals surface area (Å²) in [5.41, 5.74) is 18.8. The zero-order chi connectivity index (χ0) is 44.6. The molecule has 66 heavy (non-hydrogen) atoms. The molecule has 336 valence electrons. The fourth-order valence-electron chi connectivity index (χ4n) is 14.5. The molecule has 0 radical (unpaired) electrons. The zero-order valence-corrected chi connectivity index (χ0v) is 39.1. The molecule has 2 nitrogen and oxygen atoms in total. The van der Waals surface area contributed by atoms with Gasteiger partial charge in [0.2, 0.25) is 0 Å². The quantitative estimate of drug-likeness (QED) is 0.248. The Bertz CT molecular complexity index is 2790. The van der Waals surface area contributed by atoms with Crippen LogP contribution in [0.4, 0.5) is 14.5 Å². The summed E-state index contributed by atoms with van der Waals surface area (Å²) in [7, 11) is 0. The number of fused-ring (bicyclic) bond motifs is 2. The van der Waals surface area contributed by atoms with E-state index in [4.69, 9.17) is 0 Å². The monoisotopic (exact) mass is 875 g/mol. The maximum absolute atomic E-state index is 14.7. The molecule has 4 heteroatoms. The summed E-state index contributed by atoms with van der Waals surface area (Å²) in [5, 5.41) is 0. The first kappa shape index (κ1) is 41.0. The van der Waals surface area contributed by atoms with Gasteiger partial charge >= 0.3 is 0 Å². The maximum Gasteiger partial charge on any atom is 0.114 e. The van der Waals surface area contributed by atoms with Gasteiger partial charge in [0.25, 0.3) is 0 Å². The number of alkyl halides is 1. The minimum absolute atomic E-state index is 0.00705. The molecule has 0 N–H and O–H groups in total. The molecule has 0 bridgehead atoms. The highest BCUT2D eigenvalue weighted by molar-refractivity contribution is 5.93. The predicted molar refractivity (Wildman–Crippen MR) is 268 cm³/mol. The molecule has 13 rings (SSSR count). The molecule has 10 unspecified atom stereocenters. The number of nitrogens with zero attached hydrogens (tertiary/aromatic N) is 2. The van der Waals surface area contributed by atoms with Gasteiger partial charge in [0, 0.05) is 58.9 Å². The van der Waals surface area contributed by atoms with Gasteiger partial charge in [-0.3, -0.25) is 0 Å². The van der Waals surface area contributed by atoms with Crippen LogP contribution in [0.25, 0.3) is 11.1 Å². The summed E-state index contributed by atoms with van der Waals surface area (Å²) >= 11 is 0. The third-order valence-corrected chi connectivity index (χ3v) is 18.1. The van der Waals surface area contributed by atoms with Crippen LogP contribution < -0.4 is 4.90 Å². The van der Waals surface area contributed by atoms with Crippen molar-refractivity contribution in [3.8, 4) is 0 Å². The van der Waals surface area contributed by atoms with Crippen LogP contribution in [0.15, 0.2) is 168 Å². The Balaban J connectivity index is 0.893. The number of anilines is 1. The number of rotatable bonds is 9. The molecule has 0 aromatic heterocycles. The molecule has 0 aliphatic heterocycles. The molecule has 2 saturated carbocycles. The number of allylic oxidation sites excluding steroid dienone is 18. The van der Waals surface area contributed by atoms with Crippen LogP contribution in [0, 0.1) is 40.9 Å². The number of benzene rings is 2. The average molecular weight is 875 g/mol. The minimum atomic E-state index is -0.749. The predicted octanol–water partition coefficient (Wildman–Crippen LogP) is 15.6. The Morgan fingerprint density at radius 1 is 0.758 bits per heavy atom. The highest BCUT2D eigenvalue weighted by Crippen LogP contribution is 2.67. The summed E-state index contributed by atoms with van der Waals surface area (Å²) in [4.78, 5) is 4.98. The minimum Gasteiger partial charge on any atom is -0.338 e. The number of halogens is 2. The summed E-state index contributed by atoms with van der Waals surface area (Å²) in [6.07, 6.45) is 45.0. The topological polar surface area (TPSA) is 6.48 Å². The Morgan fingerprint density at radius 3 is 2.36 bits per heavy atom. The van der Waals surface area contributed by atoms with Crippen LogP contribution in [0.5, 0.6) is 0 Å². The van der Waals surface area contributed by atoms with Gasteiger partial charge in [-0.15, -0.1) is 0 Å². The van der Waals surface area contributed by atoms with Crippen LogP contribution in [-0.2, 0) is 0 Å². The molecular weight excluding hydrogens is 811 g/mol. The van der Waals surface area contributed by atoms with Gasteiger partial charge in [-0.05, 0) is 173 Å². The first-order chi connectivity index (χ1) is 32.1. The second kappa shape index (κ2) is 15.4. The van der Waals surface area contributed by atoms with Gasteiger partial charge in [0.05, 0.1) is 11.9 Å². The summed E-state index contributed by atoms with van der Waals surface area (Å²) in [6, 6.07) is 15.1. The van der Waals surface area contributed by atoms with E-state index in [0.29, 0.717) is 41.9 Å². The second-order valence-electron chi connectivity index (χ2n) is 22.5. The first-order valence-corrected chi connectivity index (χ1v) is 25.7. The summed E-state index contributed by atoms with van der Waals surface area (Å²) in [6.45, 7) is 9.94. The van der Waals surface area contributed by atoms with Crippen LogP contribution >= 0.6 is 0 Å². The lowest BCUT2D eigenvalue weighted by molar-refractivity contribution is 0.0609. The lowest BCUT2D eigenvalue weighted by Crippen LogP contribution is -2.45. The van der Waals surface area contributed by atoms with Crippen LogP contribution in [-0.4, -0.2) is 23.2 Å². The fraction of sp³-hybridized carbons (Fsp3) is 0.419. The SMILES string of the molecule is CC(C)C1=CC(c2ccc(N(C3=C[C@@H]4C(F)C4C=C3)C3C=CC=CC3)cc2)C2CC3C4c5c(ccc1c52)C(C1=C2C=C(N(C5=CCCC=C5)C5CC=C(F)CC5)C=CC21)=CC4CCC3(C)C. The van der Waals surface area contributed by atoms with Crippen LogP contribution in [0.3, 0.4) is 0 Å². The first-order valence-electron chi connectivity index (χ1n) is 25.7. The Kier molecular flexibility index (Phi) is 9.57. The van der Waals surface area contributed by atoms with E-state index in [2.05, 4.69) is 165 Å². The summed E-state index contributed by atoms with van der Waals surface area (Å²) < 4.78 is 29.0. The molecule has 11 aliphatic carbocycles. The second-order valence-corrected chi connectivity index (χ2v) is 22.5. The van der Waals surface area contributed by atoms with Crippen molar-refractivity contribution in [1.29, 1.82) is 0 Å². The largest absolute Gasteiger partial charge is 0.338 e. The highest BCUT2D eigenvalue weighted by Gasteiger charge is 2.55. The van der Waals surface area contributed by atoms with E-state index in [9.17, 15) is 8.78 Å². The van der Waals surface area contributed by atoms with E-state index in [1.54, 1.807) is 11.1 Å². The number of hydrogen-bond donors (Lipinski definition) is 0. The molecule has 2 aromatic carbocycles. The van der Waals surface area contributed by atoms with Gasteiger partial charge in [0.1, 0.15) is 6.17 Å². The lowest BCUT2D eigenvalue weighted by atomic mass is 9.48. The van der Waals surface area contributed by atoms with E-state index >= 15 is 0 Å². The Hall–Kier alpha value is -5.22. The van der Waals surface area contributed by atoms with Gasteiger partial charge < -0.3 is 9.80 Å². The van der Waals surface area contributed by atoms with Crippen molar-refractivity contribution in [3.63, 3.8) is 0 Å². The van der Waals surface area contributed by atoms with Crippen molar-refractivity contribution < 1.29 is 8.78 Å². The number of hydrogen-bond acceptors (Lipinski definition) is 2. The lowest BCUT2D eigenvalue weighted by Gasteiger charge is -2.56. The van der Waals surface area contributed by atoms with Crippen LogP contribution in [0.1, 0.15) is 131 Å². The molecule has 2 fully saturated rings. The molecule has 11 aliphatic rings. The fourth-order valence-corrected chi connectivity index (χ4v) is 14.5. The van der Waals surface area contributed by atoms with E-state index in [1.807, 2.05) is 6.08 Å². The maximum atomic E-state index is 14.7. The molecule has 0 heterocycles. The van der Waals surface area contributed by atoms with Gasteiger partial charge in [-0.2, -0.15) is 0 Å². The molecule has 0 spiro atoms. The third-order valence-electron chi connectivity index (χ3n) is 18.1. The van der Waals surface area contributed by atoms with Crippen molar-refractivity contribution in [2.75, 3.05) is 4.90 Å². The van der Waals surface area contributed by atoms with Gasteiger partial charge in [-0.1, -0.05) is 125 Å². The molecular formula is C62H64F2N2. The van der Waals surface area contributed by atoms with Crippen molar-refractivity contribution >= 4 is 16.8 Å². The van der Waals surface area contributed by atoms with E-state index in [0.717, 1.165) is 37.8 Å². The van der Waals surface area contributed by atoms with Crippen molar-refractivity contribution in [2.45, 2.75) is 121 Å². The zero-order valence-electron chi connectivity index (χ0n) is 39.1. The van der Waals surface area contributed by atoms with Crippen LogP contribution in [0.2, 0.25) is 0 Å². The highest BCUT2D eigenvalue weighted by atomic mass is 19.1. The normalized spacial score (nSPS) is 34.6. The van der Waals surface area contributed by atoms with E-state index in [1.165, 1.54) is 75.3 Å². The van der Waals surface area contributed by atoms with Crippen molar-refractivity contribution in [2.24, 2.45) is 40.9 Å². The molecule has 0 saturated heterocycles. The smallest absolute Gasteiger partial charge is 0.114 e. The molecule has 2 aromatic rings. The third kappa shape index (κ3) is 6.50. The molecule has 0 amide bonds. The standard InChI is InChI=1S/C62H64F2N2/c1-36(2)50-34-51(37-15-19-42(20-16-37)65(40-11-7-5-8-12-40)45-24-26-49-55(33-45)61(49)64)54-35-56-57-38(29-30-62(56,3)4)31-52(48-28-27-46(50)59(54)60(48)57)58-47-25-23-44(32-53(47)58)66(41-13-9-6-10-14-41)43-21-17-39(63)18-22-43/h5,7-9,11,13-17,19-20,23-28,31-34,36,38,40,43,47,49,51,54-57,61H,6,10,12,18,21-22,29-30,35H2,1-4H3/t38?,40?,43?,47?,49?,51?,54?,55-,56?,57?,61?/m0/s1. The van der Waals surface area contributed by atoms with Gasteiger partial charge in [0.15, 0.2) is 0 Å². The average Bonchev–Trinajstić information content (AvgIpc) is 4.24. The van der Waals surface area contributed by atoms with E-state index in [-0.39, 0.29) is 41.1 Å². The van der Waals surface area contributed by atoms with Gasteiger partial charge in [-0.25, -0.2) is 8.78 Å². The Labute approximate surface area is 391 Å². The van der Waals surface area contributed by atoms with Crippen molar-refractivity contribution in [1.82, 2.24) is 4.90 Å². The molecule has 11 atom stereocenters.